The molecule has 0 bridgehead atoms. The highest BCUT2D eigenvalue weighted by atomic mass is 16.6. The van der Waals surface area contributed by atoms with E-state index in [9.17, 15) is 14.4 Å². The van der Waals surface area contributed by atoms with Crippen LogP contribution < -0.4 is 0 Å². The van der Waals surface area contributed by atoms with Crippen LogP contribution in [-0.4, -0.2) is 37.2 Å². The third-order valence-electron chi connectivity index (χ3n) is 12.7. The molecule has 0 fully saturated rings. The molecule has 1 unspecified atom stereocenters. The van der Waals surface area contributed by atoms with Crippen molar-refractivity contribution >= 4 is 17.9 Å². The van der Waals surface area contributed by atoms with Gasteiger partial charge in [-0.1, -0.05) is 235 Å². The fourth-order valence-electron chi connectivity index (χ4n) is 8.25. The average Bonchev–Trinajstić information content (AvgIpc) is 3.35. The third-order valence-corrected chi connectivity index (χ3v) is 12.7. The Labute approximate surface area is 427 Å². The van der Waals surface area contributed by atoms with Gasteiger partial charge in [0.25, 0.3) is 0 Å². The number of unbranched alkanes of at least 4 members (excludes halogenated alkanes) is 30. The molecule has 0 aliphatic heterocycles. The Morgan fingerprint density at radius 3 is 0.928 bits per heavy atom. The maximum atomic E-state index is 12.9. The molecular weight excluding hydrogens is 853 g/mol. The number of hydrogen-bond donors (Lipinski definition) is 0. The fraction of sp³-hybridized carbons (Fsp3) is 0.762. The maximum absolute atomic E-state index is 12.9. The molecule has 6 nitrogen and oxygen atoms in total. The summed E-state index contributed by atoms with van der Waals surface area (Å²) in [4.78, 5) is 38.2. The lowest BCUT2D eigenvalue weighted by Crippen LogP contribution is -2.30. The minimum Gasteiger partial charge on any atom is -0.462 e. The molecule has 0 aromatic heterocycles. The van der Waals surface area contributed by atoms with Gasteiger partial charge >= 0.3 is 17.9 Å². The summed E-state index contributed by atoms with van der Waals surface area (Å²) in [6.07, 6.45) is 73.2. The quantitative estimate of drug-likeness (QED) is 0.0262. The van der Waals surface area contributed by atoms with Gasteiger partial charge in [0.15, 0.2) is 6.10 Å². The SMILES string of the molecule is CC/C=C\C/C=C\C/C=C\C/C=C\CCCCC(=O)OCC(COC(=O)CCCCCCCCC/C=C\CCCCCCCCC)OC(=O)CCCCCCCCC/C=C\CCCCCCCCC. The minimum absolute atomic E-state index is 0.0918. The normalized spacial score (nSPS) is 12.6. The fourth-order valence-corrected chi connectivity index (χ4v) is 8.25. The van der Waals surface area contributed by atoms with Gasteiger partial charge < -0.3 is 14.2 Å². The van der Waals surface area contributed by atoms with Crippen LogP contribution in [0.5, 0.6) is 0 Å². The van der Waals surface area contributed by atoms with E-state index < -0.39 is 6.10 Å². The molecule has 1 atom stereocenters. The summed E-state index contributed by atoms with van der Waals surface area (Å²) in [5.41, 5.74) is 0. The van der Waals surface area contributed by atoms with Crippen molar-refractivity contribution in [3.63, 3.8) is 0 Å². The Balaban J connectivity index is 4.43. The van der Waals surface area contributed by atoms with Gasteiger partial charge in [-0.05, 0) is 109 Å². The standard InChI is InChI=1S/C63H110O6/c1-4-7-10-13-16-19-22-25-28-30-32-35-38-41-44-47-50-53-56-62(65)68-59-60(58-67-61(64)55-52-49-46-43-40-37-34-27-24-21-18-15-12-9-6-3)69-63(66)57-54-51-48-45-42-39-36-33-31-29-26-23-20-17-14-11-8-5-2/h9,12,18,21,27-31,34,40,43,60H,4-8,10-11,13-17,19-20,22-26,32-33,35-39,41-42,44-59H2,1-3H3/b12-9-,21-18-,30-28-,31-29-,34-27-,43-40-. The number of carbonyl (C=O) groups excluding carboxylic acids is 3. The van der Waals surface area contributed by atoms with Gasteiger partial charge in [0.2, 0.25) is 0 Å². The number of esters is 3. The van der Waals surface area contributed by atoms with Crippen LogP contribution in [0, 0.1) is 0 Å². The highest BCUT2D eigenvalue weighted by molar-refractivity contribution is 5.71. The smallest absolute Gasteiger partial charge is 0.306 e. The van der Waals surface area contributed by atoms with Crippen LogP contribution in [0.3, 0.4) is 0 Å². The summed E-state index contributed by atoms with van der Waals surface area (Å²) in [5.74, 6) is -0.934. The maximum Gasteiger partial charge on any atom is 0.306 e. The second-order valence-electron chi connectivity index (χ2n) is 19.5. The molecule has 0 heterocycles. The van der Waals surface area contributed by atoms with E-state index in [1.165, 1.54) is 167 Å². The lowest BCUT2D eigenvalue weighted by molar-refractivity contribution is -0.167. The Morgan fingerprint density at radius 2 is 0.565 bits per heavy atom. The highest BCUT2D eigenvalue weighted by Crippen LogP contribution is 2.15. The van der Waals surface area contributed by atoms with Gasteiger partial charge in [-0.25, -0.2) is 0 Å². The lowest BCUT2D eigenvalue weighted by atomic mass is 10.1. The van der Waals surface area contributed by atoms with Crippen LogP contribution in [-0.2, 0) is 28.6 Å². The molecule has 6 heteroatoms. The van der Waals surface area contributed by atoms with Crippen LogP contribution in [0.25, 0.3) is 0 Å². The molecule has 0 N–H and O–H groups in total. The first kappa shape index (κ1) is 65.8. The zero-order valence-corrected chi connectivity index (χ0v) is 45.6. The van der Waals surface area contributed by atoms with Gasteiger partial charge in [-0.3, -0.25) is 14.4 Å². The van der Waals surface area contributed by atoms with Crippen molar-refractivity contribution in [2.75, 3.05) is 13.2 Å². The van der Waals surface area contributed by atoms with Crippen molar-refractivity contribution in [1.29, 1.82) is 0 Å². The van der Waals surface area contributed by atoms with Crippen LogP contribution in [0.15, 0.2) is 72.9 Å². The van der Waals surface area contributed by atoms with E-state index in [2.05, 4.69) is 93.7 Å². The second-order valence-corrected chi connectivity index (χ2v) is 19.5. The number of allylic oxidation sites excluding steroid dienone is 12. The highest BCUT2D eigenvalue weighted by Gasteiger charge is 2.19. The predicted octanol–water partition coefficient (Wildman–Crippen LogP) is 19.8. The molecule has 0 radical (unpaired) electrons. The second kappa shape index (κ2) is 57.4. The zero-order valence-electron chi connectivity index (χ0n) is 45.6. The van der Waals surface area contributed by atoms with Gasteiger partial charge in [0, 0.05) is 19.3 Å². The Bertz CT molecular complexity index is 1290. The molecule has 0 amide bonds. The zero-order chi connectivity index (χ0) is 50.0. The summed E-state index contributed by atoms with van der Waals surface area (Å²) in [6.45, 7) is 6.50. The lowest BCUT2D eigenvalue weighted by Gasteiger charge is -2.18. The summed E-state index contributed by atoms with van der Waals surface area (Å²) < 4.78 is 16.8. The van der Waals surface area contributed by atoms with E-state index >= 15 is 0 Å². The minimum atomic E-state index is -0.797. The van der Waals surface area contributed by atoms with E-state index in [0.29, 0.717) is 19.3 Å². The Hall–Kier alpha value is -3.15. The molecule has 0 aromatic rings. The number of ether oxygens (including phenoxy) is 3. The number of hydrogen-bond acceptors (Lipinski definition) is 6. The first-order valence-electron chi connectivity index (χ1n) is 29.4. The molecule has 398 valence electrons. The van der Waals surface area contributed by atoms with Crippen LogP contribution in [0.4, 0.5) is 0 Å². The van der Waals surface area contributed by atoms with Gasteiger partial charge in [-0.2, -0.15) is 0 Å². The number of carbonyl (C=O) groups is 3. The Morgan fingerprint density at radius 1 is 0.304 bits per heavy atom. The molecule has 0 aromatic carbocycles. The molecular formula is C63H110O6. The van der Waals surface area contributed by atoms with E-state index in [-0.39, 0.29) is 31.1 Å². The van der Waals surface area contributed by atoms with Crippen molar-refractivity contribution in [3.05, 3.63) is 72.9 Å². The summed E-state index contributed by atoms with van der Waals surface area (Å²) in [6, 6.07) is 0. The first-order valence-corrected chi connectivity index (χ1v) is 29.4. The van der Waals surface area contributed by atoms with Crippen molar-refractivity contribution in [1.82, 2.24) is 0 Å². The molecule has 69 heavy (non-hydrogen) atoms. The summed E-state index contributed by atoms with van der Waals surface area (Å²) >= 11 is 0. The van der Waals surface area contributed by atoms with Crippen LogP contribution in [0.1, 0.15) is 290 Å². The molecule has 0 spiro atoms. The summed E-state index contributed by atoms with van der Waals surface area (Å²) in [5, 5.41) is 0. The molecule has 0 aliphatic carbocycles. The van der Waals surface area contributed by atoms with E-state index in [4.69, 9.17) is 14.2 Å². The van der Waals surface area contributed by atoms with Crippen LogP contribution >= 0.6 is 0 Å². The van der Waals surface area contributed by atoms with Crippen molar-refractivity contribution in [2.45, 2.75) is 297 Å². The predicted molar refractivity (Wildman–Crippen MR) is 298 cm³/mol. The van der Waals surface area contributed by atoms with E-state index in [1.54, 1.807) is 0 Å². The summed E-state index contributed by atoms with van der Waals surface area (Å²) in [7, 11) is 0. The third kappa shape index (κ3) is 55.6. The van der Waals surface area contributed by atoms with Gasteiger partial charge in [0.05, 0.1) is 0 Å². The van der Waals surface area contributed by atoms with Crippen molar-refractivity contribution < 1.29 is 28.6 Å². The molecule has 0 rings (SSSR count). The van der Waals surface area contributed by atoms with Crippen LogP contribution in [0.2, 0.25) is 0 Å². The van der Waals surface area contributed by atoms with E-state index in [0.717, 1.165) is 83.5 Å². The molecule has 0 saturated heterocycles. The monoisotopic (exact) mass is 963 g/mol. The first-order chi connectivity index (χ1) is 34.0. The molecule has 0 aliphatic rings. The number of rotatable bonds is 53. The molecule has 0 saturated carbocycles. The topological polar surface area (TPSA) is 78.9 Å². The van der Waals surface area contributed by atoms with Crippen molar-refractivity contribution in [2.24, 2.45) is 0 Å². The average molecular weight is 964 g/mol. The van der Waals surface area contributed by atoms with Gasteiger partial charge in [0.1, 0.15) is 13.2 Å². The van der Waals surface area contributed by atoms with E-state index in [1.807, 2.05) is 0 Å². The largest absolute Gasteiger partial charge is 0.462 e. The Kier molecular flexibility index (Phi) is 54.8. The van der Waals surface area contributed by atoms with Crippen molar-refractivity contribution in [3.8, 4) is 0 Å². The van der Waals surface area contributed by atoms with Gasteiger partial charge in [-0.15, -0.1) is 0 Å².